The predicted molar refractivity (Wildman–Crippen MR) is 62.9 cm³/mol. The molecule has 0 bridgehead atoms. The molecule has 0 saturated heterocycles. The zero-order valence-corrected chi connectivity index (χ0v) is 9.87. The average molecular weight is 235 g/mol. The molecule has 0 amide bonds. The highest BCUT2D eigenvalue weighted by Crippen LogP contribution is 2.21. The molecule has 0 fully saturated rings. The van der Waals surface area contributed by atoms with Crippen molar-refractivity contribution in [3.05, 3.63) is 23.5 Å². The summed E-state index contributed by atoms with van der Waals surface area (Å²) in [4.78, 5) is 0. The largest absolute Gasteiger partial charge is 0.310 e. The van der Waals surface area contributed by atoms with Crippen LogP contribution >= 0.6 is 11.3 Å². The van der Waals surface area contributed by atoms with Gasteiger partial charge in [-0.2, -0.15) is 10.2 Å². The molecule has 5 nitrogen and oxygen atoms in total. The van der Waals surface area contributed by atoms with E-state index in [4.69, 9.17) is 0 Å². The van der Waals surface area contributed by atoms with E-state index in [0.29, 0.717) is 0 Å². The van der Waals surface area contributed by atoms with Crippen LogP contribution in [-0.2, 0) is 6.54 Å². The first-order valence-electron chi connectivity index (χ1n) is 5.20. The second kappa shape index (κ2) is 5.62. The summed E-state index contributed by atoms with van der Waals surface area (Å²) >= 11 is 1.58. The number of nitrogens with one attached hydrogen (secondary N) is 1. The standard InChI is InChI=1S/C10H13N5S/c1-2-4-11-7-9-14-15-10(16-9)8-3-5-12-13-6-8/h3,5-6,11H,2,4,7H2,1H3. The van der Waals surface area contributed by atoms with Crippen molar-refractivity contribution in [3.63, 3.8) is 0 Å². The Morgan fingerprint density at radius 3 is 3.00 bits per heavy atom. The van der Waals surface area contributed by atoms with Crippen molar-refractivity contribution >= 4 is 11.3 Å². The molecule has 2 rings (SSSR count). The Morgan fingerprint density at radius 1 is 1.31 bits per heavy atom. The van der Waals surface area contributed by atoms with Crippen molar-refractivity contribution in [1.82, 2.24) is 25.7 Å². The van der Waals surface area contributed by atoms with Gasteiger partial charge in [0.15, 0.2) is 0 Å². The molecule has 84 valence electrons. The second-order valence-corrected chi connectivity index (χ2v) is 4.37. The molecule has 2 aromatic rings. The quantitative estimate of drug-likeness (QED) is 0.796. The number of rotatable bonds is 5. The molecule has 2 aromatic heterocycles. The molecular weight excluding hydrogens is 222 g/mol. The van der Waals surface area contributed by atoms with Crippen LogP contribution in [-0.4, -0.2) is 26.9 Å². The topological polar surface area (TPSA) is 63.6 Å². The van der Waals surface area contributed by atoms with Gasteiger partial charge in [0.25, 0.3) is 0 Å². The summed E-state index contributed by atoms with van der Waals surface area (Å²) in [6, 6.07) is 1.89. The van der Waals surface area contributed by atoms with Crippen molar-refractivity contribution in [1.29, 1.82) is 0 Å². The molecule has 0 aliphatic heterocycles. The zero-order valence-electron chi connectivity index (χ0n) is 9.05. The lowest BCUT2D eigenvalue weighted by Gasteiger charge is -1.96. The smallest absolute Gasteiger partial charge is 0.149 e. The van der Waals surface area contributed by atoms with Gasteiger partial charge in [0.05, 0.1) is 12.4 Å². The highest BCUT2D eigenvalue weighted by molar-refractivity contribution is 7.14. The lowest BCUT2D eigenvalue weighted by Crippen LogP contribution is -2.13. The first kappa shape index (κ1) is 11.1. The van der Waals surface area contributed by atoms with E-state index in [0.717, 1.165) is 35.1 Å². The molecule has 0 spiro atoms. The number of aromatic nitrogens is 4. The third kappa shape index (κ3) is 2.80. The third-order valence-electron chi connectivity index (χ3n) is 2.00. The minimum absolute atomic E-state index is 0.782. The van der Waals surface area contributed by atoms with Crippen LogP contribution in [0.15, 0.2) is 18.5 Å². The summed E-state index contributed by atoms with van der Waals surface area (Å²) in [7, 11) is 0. The number of hydrogen-bond acceptors (Lipinski definition) is 6. The maximum absolute atomic E-state index is 4.13. The van der Waals surface area contributed by atoms with Crippen molar-refractivity contribution in [2.75, 3.05) is 6.54 Å². The summed E-state index contributed by atoms with van der Waals surface area (Å²) in [5.41, 5.74) is 0.967. The minimum atomic E-state index is 0.782. The molecule has 0 radical (unpaired) electrons. The minimum Gasteiger partial charge on any atom is -0.310 e. The third-order valence-corrected chi connectivity index (χ3v) is 2.97. The van der Waals surface area contributed by atoms with Crippen LogP contribution in [0.1, 0.15) is 18.4 Å². The molecule has 1 N–H and O–H groups in total. The zero-order chi connectivity index (χ0) is 11.2. The highest BCUT2D eigenvalue weighted by atomic mass is 32.1. The highest BCUT2D eigenvalue weighted by Gasteiger charge is 2.05. The van der Waals surface area contributed by atoms with Crippen molar-refractivity contribution in [2.45, 2.75) is 19.9 Å². The van der Waals surface area contributed by atoms with Gasteiger partial charge in [0.2, 0.25) is 0 Å². The maximum atomic E-state index is 4.13. The summed E-state index contributed by atoms with van der Waals surface area (Å²) < 4.78 is 0. The monoisotopic (exact) mass is 235 g/mol. The van der Waals surface area contributed by atoms with Gasteiger partial charge in [-0.25, -0.2) is 0 Å². The van der Waals surface area contributed by atoms with E-state index in [2.05, 4.69) is 32.6 Å². The summed E-state index contributed by atoms with van der Waals surface area (Å²) in [5.74, 6) is 0. The normalized spacial score (nSPS) is 10.6. The average Bonchev–Trinajstić information content (AvgIpc) is 2.79. The van der Waals surface area contributed by atoms with Gasteiger partial charge in [0.1, 0.15) is 10.0 Å². The van der Waals surface area contributed by atoms with Gasteiger partial charge >= 0.3 is 0 Å². The first-order chi connectivity index (χ1) is 7.90. The number of nitrogens with zero attached hydrogens (tertiary/aromatic N) is 4. The fourth-order valence-electron chi connectivity index (χ4n) is 1.23. The molecule has 2 heterocycles. The lowest BCUT2D eigenvalue weighted by molar-refractivity contribution is 0.668. The van der Waals surface area contributed by atoms with Gasteiger partial charge in [-0.05, 0) is 19.0 Å². The molecule has 0 aliphatic carbocycles. The molecule has 0 aliphatic rings. The Balaban J connectivity index is 2.02. The Morgan fingerprint density at radius 2 is 2.25 bits per heavy atom. The molecule has 0 saturated carbocycles. The number of hydrogen-bond donors (Lipinski definition) is 1. The molecule has 16 heavy (non-hydrogen) atoms. The van der Waals surface area contributed by atoms with E-state index < -0.39 is 0 Å². The predicted octanol–water partition coefficient (Wildman–Crippen LogP) is 1.49. The summed E-state index contributed by atoms with van der Waals surface area (Å²) in [6.45, 7) is 3.93. The Labute approximate surface area is 98.0 Å². The van der Waals surface area contributed by atoms with E-state index in [1.54, 1.807) is 23.7 Å². The fourth-order valence-corrected chi connectivity index (χ4v) is 2.03. The van der Waals surface area contributed by atoms with Gasteiger partial charge < -0.3 is 5.32 Å². The van der Waals surface area contributed by atoms with Gasteiger partial charge in [-0.1, -0.05) is 18.3 Å². The van der Waals surface area contributed by atoms with E-state index in [-0.39, 0.29) is 0 Å². The van der Waals surface area contributed by atoms with Crippen molar-refractivity contribution in [2.24, 2.45) is 0 Å². The molecule has 0 aromatic carbocycles. The van der Waals surface area contributed by atoms with E-state index >= 15 is 0 Å². The molecular formula is C10H13N5S. The van der Waals surface area contributed by atoms with Crippen molar-refractivity contribution < 1.29 is 0 Å². The Hall–Kier alpha value is -1.40. The first-order valence-corrected chi connectivity index (χ1v) is 6.02. The van der Waals surface area contributed by atoms with Crippen LogP contribution in [0.5, 0.6) is 0 Å². The maximum Gasteiger partial charge on any atom is 0.149 e. The second-order valence-electron chi connectivity index (χ2n) is 3.31. The van der Waals surface area contributed by atoms with Crippen LogP contribution in [0.3, 0.4) is 0 Å². The van der Waals surface area contributed by atoms with Gasteiger partial charge in [-0.15, -0.1) is 10.2 Å². The SMILES string of the molecule is CCCNCc1nnc(-c2ccnnc2)s1. The van der Waals surface area contributed by atoms with Crippen molar-refractivity contribution in [3.8, 4) is 10.6 Å². The Bertz CT molecular complexity index is 428. The van der Waals surface area contributed by atoms with Gasteiger partial charge in [-0.3, -0.25) is 0 Å². The van der Waals surface area contributed by atoms with Crippen LogP contribution in [0.4, 0.5) is 0 Å². The van der Waals surface area contributed by atoms with Crippen LogP contribution in [0.2, 0.25) is 0 Å². The molecule has 0 unspecified atom stereocenters. The van der Waals surface area contributed by atoms with E-state index in [1.165, 1.54) is 0 Å². The van der Waals surface area contributed by atoms with Crippen LogP contribution < -0.4 is 5.32 Å². The van der Waals surface area contributed by atoms with Crippen LogP contribution in [0, 0.1) is 0 Å². The molecule has 6 heteroatoms. The van der Waals surface area contributed by atoms with Gasteiger partial charge in [0, 0.05) is 12.1 Å². The molecule has 0 atom stereocenters. The lowest BCUT2D eigenvalue weighted by atomic mass is 10.3. The van der Waals surface area contributed by atoms with Crippen LogP contribution in [0.25, 0.3) is 10.6 Å². The van der Waals surface area contributed by atoms with E-state index in [1.807, 2.05) is 6.07 Å². The fraction of sp³-hybridized carbons (Fsp3) is 0.400. The summed E-state index contributed by atoms with van der Waals surface area (Å²) in [5, 5.41) is 21.0. The summed E-state index contributed by atoms with van der Waals surface area (Å²) in [6.07, 6.45) is 4.48. The Kier molecular flexibility index (Phi) is 3.90. The van der Waals surface area contributed by atoms with E-state index in [9.17, 15) is 0 Å².